The zero-order valence-corrected chi connectivity index (χ0v) is 15.0. The van der Waals surface area contributed by atoms with Crippen molar-refractivity contribution in [2.75, 3.05) is 17.7 Å². The molecular weight excluding hydrogens is 334 g/mol. The van der Waals surface area contributed by atoms with Gasteiger partial charge in [-0.25, -0.2) is 9.97 Å². The van der Waals surface area contributed by atoms with Crippen molar-refractivity contribution in [3.8, 4) is 5.75 Å². The fourth-order valence-corrected chi connectivity index (χ4v) is 3.14. The fraction of sp³-hybridized carbons (Fsp3) is 0.211. The number of amides is 1. The molecule has 0 aliphatic heterocycles. The van der Waals surface area contributed by atoms with E-state index in [1.165, 1.54) is 11.8 Å². The molecule has 0 spiro atoms. The highest BCUT2D eigenvalue weighted by atomic mass is 32.2. The molecule has 0 unspecified atom stereocenters. The van der Waals surface area contributed by atoms with Crippen LogP contribution in [0.4, 0.5) is 5.69 Å². The minimum Gasteiger partial charge on any atom is -0.492 e. The third-order valence-corrected chi connectivity index (χ3v) is 4.57. The number of nitrogens with zero attached hydrogens (tertiary/aromatic N) is 2. The Morgan fingerprint density at radius 1 is 1.08 bits per heavy atom. The molecule has 0 saturated carbocycles. The predicted molar refractivity (Wildman–Crippen MR) is 101 cm³/mol. The molecule has 1 aromatic heterocycles. The van der Waals surface area contributed by atoms with Crippen molar-refractivity contribution in [3.63, 3.8) is 0 Å². The third-order valence-electron chi connectivity index (χ3n) is 3.50. The zero-order valence-electron chi connectivity index (χ0n) is 14.2. The molecule has 1 N–H and O–H groups in total. The number of thioether (sulfide) groups is 1. The van der Waals surface area contributed by atoms with Gasteiger partial charge in [-0.1, -0.05) is 36.0 Å². The number of carbonyl (C=O) groups is 1. The number of carbonyl (C=O) groups excluding carboxylic acids is 1. The Hall–Kier alpha value is -2.60. The van der Waals surface area contributed by atoms with Crippen LogP contribution in [-0.2, 0) is 4.79 Å². The number of nitrogens with one attached hydrogen (secondary N) is 1. The number of aromatic nitrogens is 2. The van der Waals surface area contributed by atoms with Crippen molar-refractivity contribution >= 4 is 34.4 Å². The lowest BCUT2D eigenvalue weighted by atomic mass is 10.3. The van der Waals surface area contributed by atoms with Gasteiger partial charge in [-0.2, -0.15) is 0 Å². The highest BCUT2D eigenvalue weighted by molar-refractivity contribution is 8.00. The Labute approximate surface area is 150 Å². The van der Waals surface area contributed by atoms with Crippen molar-refractivity contribution in [1.82, 2.24) is 9.97 Å². The van der Waals surface area contributed by atoms with Crippen LogP contribution in [0.25, 0.3) is 11.0 Å². The van der Waals surface area contributed by atoms with E-state index >= 15 is 0 Å². The van der Waals surface area contributed by atoms with Gasteiger partial charge in [0.2, 0.25) is 5.91 Å². The predicted octanol–water partition coefficient (Wildman–Crippen LogP) is 4.07. The molecule has 1 amide bonds. The molecule has 0 atom stereocenters. The second-order valence-electron chi connectivity index (χ2n) is 5.37. The Balaban J connectivity index is 1.68. The average Bonchev–Trinajstić information content (AvgIpc) is 2.62. The van der Waals surface area contributed by atoms with Crippen molar-refractivity contribution in [1.29, 1.82) is 0 Å². The summed E-state index contributed by atoms with van der Waals surface area (Å²) >= 11 is 1.38. The largest absolute Gasteiger partial charge is 0.492 e. The summed E-state index contributed by atoms with van der Waals surface area (Å²) in [6.45, 7) is 4.37. The molecule has 3 rings (SSSR count). The minimum atomic E-state index is -0.105. The van der Waals surface area contributed by atoms with Crippen LogP contribution in [0.2, 0.25) is 0 Å². The van der Waals surface area contributed by atoms with Gasteiger partial charge in [0.1, 0.15) is 10.8 Å². The maximum atomic E-state index is 12.3. The van der Waals surface area contributed by atoms with Gasteiger partial charge in [0, 0.05) is 0 Å². The summed E-state index contributed by atoms with van der Waals surface area (Å²) in [5, 5.41) is 3.66. The summed E-state index contributed by atoms with van der Waals surface area (Å²) in [5.74, 6) is 0.824. The third kappa shape index (κ3) is 4.28. The van der Waals surface area contributed by atoms with E-state index in [2.05, 4.69) is 15.3 Å². The summed E-state index contributed by atoms with van der Waals surface area (Å²) in [7, 11) is 0. The first-order valence-electron chi connectivity index (χ1n) is 8.05. The van der Waals surface area contributed by atoms with E-state index in [1.807, 2.05) is 62.4 Å². The van der Waals surface area contributed by atoms with Crippen LogP contribution < -0.4 is 10.1 Å². The van der Waals surface area contributed by atoms with Crippen LogP contribution in [-0.4, -0.2) is 28.2 Å². The molecule has 128 valence electrons. The van der Waals surface area contributed by atoms with Crippen molar-refractivity contribution in [2.45, 2.75) is 18.9 Å². The highest BCUT2D eigenvalue weighted by Crippen LogP contribution is 2.25. The molecular formula is C19H19N3O2S. The number of fused-ring (bicyclic) bond motifs is 1. The number of aryl methyl sites for hydroxylation is 1. The first-order valence-corrected chi connectivity index (χ1v) is 9.04. The van der Waals surface area contributed by atoms with Crippen LogP contribution in [0.5, 0.6) is 5.75 Å². The van der Waals surface area contributed by atoms with Gasteiger partial charge in [-0.15, -0.1) is 0 Å². The molecule has 2 aromatic carbocycles. The lowest BCUT2D eigenvalue weighted by molar-refractivity contribution is -0.113. The molecule has 6 heteroatoms. The SMILES string of the molecule is CCOc1ccccc1NC(=O)CSc1nc2ccccc2nc1C. The maximum Gasteiger partial charge on any atom is 0.234 e. The lowest BCUT2D eigenvalue weighted by Gasteiger charge is -2.11. The van der Waals surface area contributed by atoms with Gasteiger partial charge in [-0.3, -0.25) is 4.79 Å². The number of anilines is 1. The quantitative estimate of drug-likeness (QED) is 0.677. The Morgan fingerprint density at radius 3 is 2.52 bits per heavy atom. The highest BCUT2D eigenvalue weighted by Gasteiger charge is 2.11. The van der Waals surface area contributed by atoms with Crippen LogP contribution >= 0.6 is 11.8 Å². The standard InChI is InChI=1S/C19H19N3O2S/c1-3-24-17-11-7-6-10-16(17)21-18(23)12-25-19-13(2)20-14-8-4-5-9-15(14)22-19/h4-11H,3,12H2,1-2H3,(H,21,23). The van der Waals surface area contributed by atoms with E-state index in [4.69, 9.17) is 4.74 Å². The van der Waals surface area contributed by atoms with E-state index in [-0.39, 0.29) is 11.7 Å². The number of hydrogen-bond acceptors (Lipinski definition) is 5. The summed E-state index contributed by atoms with van der Waals surface area (Å²) in [5.41, 5.74) is 3.19. The number of benzene rings is 2. The van der Waals surface area contributed by atoms with Crippen LogP contribution in [0.1, 0.15) is 12.6 Å². The van der Waals surface area contributed by atoms with Gasteiger partial charge in [0.15, 0.2) is 0 Å². The Bertz CT molecular complexity index is 899. The van der Waals surface area contributed by atoms with E-state index in [9.17, 15) is 4.79 Å². The summed E-state index contributed by atoms with van der Waals surface area (Å²) in [6.07, 6.45) is 0. The molecule has 3 aromatic rings. The smallest absolute Gasteiger partial charge is 0.234 e. The van der Waals surface area contributed by atoms with Crippen LogP contribution in [0, 0.1) is 6.92 Å². The molecule has 25 heavy (non-hydrogen) atoms. The zero-order chi connectivity index (χ0) is 17.6. The molecule has 0 aliphatic carbocycles. The van der Waals surface area contributed by atoms with Crippen molar-refractivity contribution in [2.24, 2.45) is 0 Å². The molecule has 5 nitrogen and oxygen atoms in total. The Kier molecular flexibility index (Phi) is 5.50. The monoisotopic (exact) mass is 353 g/mol. The number of ether oxygens (including phenoxy) is 1. The van der Waals surface area contributed by atoms with Gasteiger partial charge in [0.25, 0.3) is 0 Å². The molecule has 1 heterocycles. The van der Waals surface area contributed by atoms with Gasteiger partial charge in [0.05, 0.1) is 34.8 Å². The van der Waals surface area contributed by atoms with E-state index in [0.717, 1.165) is 21.8 Å². The van der Waals surface area contributed by atoms with E-state index in [0.29, 0.717) is 18.0 Å². The first kappa shape index (κ1) is 17.2. The molecule has 0 bridgehead atoms. The second kappa shape index (κ2) is 7.98. The van der Waals surface area contributed by atoms with Crippen molar-refractivity contribution < 1.29 is 9.53 Å². The molecule has 0 fully saturated rings. The first-order chi connectivity index (χ1) is 12.2. The van der Waals surface area contributed by atoms with Gasteiger partial charge >= 0.3 is 0 Å². The summed E-state index contributed by atoms with van der Waals surface area (Å²) in [4.78, 5) is 21.4. The number of hydrogen-bond donors (Lipinski definition) is 1. The van der Waals surface area contributed by atoms with Crippen molar-refractivity contribution in [3.05, 3.63) is 54.2 Å². The van der Waals surface area contributed by atoms with Crippen LogP contribution in [0.15, 0.2) is 53.6 Å². The maximum absolute atomic E-state index is 12.3. The molecule has 0 saturated heterocycles. The molecule has 0 aliphatic rings. The number of rotatable bonds is 6. The normalized spacial score (nSPS) is 10.6. The fourth-order valence-electron chi connectivity index (χ4n) is 2.38. The van der Waals surface area contributed by atoms with Gasteiger partial charge in [-0.05, 0) is 38.1 Å². The number of para-hydroxylation sites is 4. The van der Waals surface area contributed by atoms with E-state index < -0.39 is 0 Å². The topological polar surface area (TPSA) is 64.1 Å². The summed E-state index contributed by atoms with van der Waals surface area (Å²) in [6, 6.07) is 15.1. The van der Waals surface area contributed by atoms with Crippen LogP contribution in [0.3, 0.4) is 0 Å². The van der Waals surface area contributed by atoms with E-state index in [1.54, 1.807) is 0 Å². The minimum absolute atomic E-state index is 0.105. The second-order valence-corrected chi connectivity index (χ2v) is 6.33. The Morgan fingerprint density at radius 2 is 1.76 bits per heavy atom. The molecule has 0 radical (unpaired) electrons. The van der Waals surface area contributed by atoms with Gasteiger partial charge < -0.3 is 10.1 Å². The lowest BCUT2D eigenvalue weighted by Crippen LogP contribution is -2.15. The average molecular weight is 353 g/mol. The summed E-state index contributed by atoms with van der Waals surface area (Å²) < 4.78 is 5.52.